The van der Waals surface area contributed by atoms with Gasteiger partial charge >= 0.3 is 0 Å². The van der Waals surface area contributed by atoms with Gasteiger partial charge in [-0.15, -0.1) is 0 Å². The number of carbonyl (C=O) groups is 1. The molecule has 2 aromatic rings. The molecule has 1 atom stereocenters. The van der Waals surface area contributed by atoms with Gasteiger partial charge in [0.25, 0.3) is 5.91 Å². The fourth-order valence-electron chi connectivity index (χ4n) is 3.65. The van der Waals surface area contributed by atoms with Crippen molar-refractivity contribution in [1.82, 2.24) is 20.0 Å². The molecule has 1 saturated heterocycles. The van der Waals surface area contributed by atoms with Crippen LogP contribution in [-0.2, 0) is 0 Å². The molecule has 0 bridgehead atoms. The van der Waals surface area contributed by atoms with Crippen molar-refractivity contribution in [1.29, 1.82) is 0 Å². The van der Waals surface area contributed by atoms with Crippen molar-refractivity contribution < 1.29 is 4.79 Å². The van der Waals surface area contributed by atoms with E-state index in [1.807, 2.05) is 36.1 Å². The summed E-state index contributed by atoms with van der Waals surface area (Å²) in [6, 6.07) is 8.45. The van der Waals surface area contributed by atoms with Crippen LogP contribution < -0.4 is 0 Å². The summed E-state index contributed by atoms with van der Waals surface area (Å²) in [6.45, 7) is 9.98. The van der Waals surface area contributed by atoms with Gasteiger partial charge in [0.1, 0.15) is 5.69 Å². The second kappa shape index (κ2) is 7.70. The number of aromatic amines is 1. The molecule has 1 aromatic heterocycles. The highest BCUT2D eigenvalue weighted by molar-refractivity contribution is 9.10. The van der Waals surface area contributed by atoms with Gasteiger partial charge in [0.15, 0.2) is 0 Å². The molecule has 1 aliphatic rings. The molecule has 0 saturated carbocycles. The predicted molar refractivity (Wildman–Crippen MR) is 104 cm³/mol. The van der Waals surface area contributed by atoms with Crippen molar-refractivity contribution >= 4 is 21.8 Å². The van der Waals surface area contributed by atoms with E-state index < -0.39 is 0 Å². The Morgan fingerprint density at radius 1 is 1.40 bits per heavy atom. The Kier molecular flexibility index (Phi) is 5.59. The Hall–Kier alpha value is -1.66. The molecular weight excluding hydrogens is 380 g/mol. The number of hydrogen-bond donors (Lipinski definition) is 1. The quantitative estimate of drug-likeness (QED) is 0.826. The summed E-state index contributed by atoms with van der Waals surface area (Å²) in [6.07, 6.45) is 1.04. The number of H-pyrrole nitrogens is 1. The Labute approximate surface area is 157 Å². The zero-order chi connectivity index (χ0) is 18.0. The maximum atomic E-state index is 13.0. The minimum Gasteiger partial charge on any atom is -0.336 e. The number of hydrogen-bond acceptors (Lipinski definition) is 3. The van der Waals surface area contributed by atoms with Crippen LogP contribution >= 0.6 is 15.9 Å². The molecule has 1 aliphatic heterocycles. The van der Waals surface area contributed by atoms with Gasteiger partial charge in [-0.3, -0.25) is 14.8 Å². The average Bonchev–Trinajstić information content (AvgIpc) is 3.23. The number of rotatable bonds is 5. The van der Waals surface area contributed by atoms with Gasteiger partial charge in [-0.1, -0.05) is 41.9 Å². The summed E-state index contributed by atoms with van der Waals surface area (Å²) >= 11 is 3.49. The zero-order valence-electron chi connectivity index (χ0n) is 15.1. The van der Waals surface area contributed by atoms with E-state index in [2.05, 4.69) is 44.9 Å². The number of halogens is 1. The molecule has 5 nitrogen and oxygen atoms in total. The normalized spacial score (nSPS) is 17.5. The number of likely N-dealkylation sites (tertiary alicyclic amines) is 1. The highest BCUT2D eigenvalue weighted by Crippen LogP contribution is 2.27. The van der Waals surface area contributed by atoms with Crippen molar-refractivity contribution in [2.24, 2.45) is 0 Å². The van der Waals surface area contributed by atoms with Crippen LogP contribution in [0.2, 0.25) is 0 Å². The molecule has 2 heterocycles. The predicted octanol–water partition coefficient (Wildman–Crippen LogP) is 3.70. The lowest BCUT2D eigenvalue weighted by Gasteiger charge is -2.26. The number of carbonyl (C=O) groups excluding carboxylic acids is 1. The number of nitrogens with one attached hydrogen (secondary N) is 1. The molecule has 25 heavy (non-hydrogen) atoms. The van der Waals surface area contributed by atoms with Crippen LogP contribution in [-0.4, -0.2) is 58.1 Å². The largest absolute Gasteiger partial charge is 0.336 e. The number of amides is 1. The van der Waals surface area contributed by atoms with E-state index in [0.717, 1.165) is 53.9 Å². The number of nitrogens with zero attached hydrogens (tertiary/aromatic N) is 3. The topological polar surface area (TPSA) is 52.2 Å². The van der Waals surface area contributed by atoms with Crippen molar-refractivity contribution in [2.45, 2.75) is 33.2 Å². The van der Waals surface area contributed by atoms with Crippen molar-refractivity contribution in [3.8, 4) is 11.3 Å². The first-order valence-corrected chi connectivity index (χ1v) is 9.68. The third kappa shape index (κ3) is 3.65. The van der Waals surface area contributed by atoms with Crippen LogP contribution in [0.1, 0.15) is 36.3 Å². The van der Waals surface area contributed by atoms with Gasteiger partial charge in [-0.2, -0.15) is 5.10 Å². The monoisotopic (exact) mass is 404 g/mol. The maximum Gasteiger partial charge on any atom is 0.272 e. The molecule has 1 unspecified atom stereocenters. The number of aromatic nitrogens is 2. The van der Waals surface area contributed by atoms with E-state index in [-0.39, 0.29) is 5.91 Å². The Morgan fingerprint density at radius 2 is 2.16 bits per heavy atom. The fourth-order valence-corrected chi connectivity index (χ4v) is 4.04. The maximum absolute atomic E-state index is 13.0. The zero-order valence-corrected chi connectivity index (χ0v) is 16.6. The van der Waals surface area contributed by atoms with Crippen molar-refractivity contribution in [3.05, 3.63) is 40.0 Å². The van der Waals surface area contributed by atoms with Crippen molar-refractivity contribution in [3.63, 3.8) is 0 Å². The summed E-state index contributed by atoms with van der Waals surface area (Å²) in [5.74, 6) is 0.0564. The van der Waals surface area contributed by atoms with Crippen LogP contribution in [0.4, 0.5) is 0 Å². The minimum absolute atomic E-state index is 0.0564. The van der Waals surface area contributed by atoms with E-state index >= 15 is 0 Å². The van der Waals surface area contributed by atoms with Crippen LogP contribution in [0.15, 0.2) is 28.7 Å². The third-order valence-electron chi connectivity index (χ3n) is 5.10. The molecular formula is C19H25BrN4O. The lowest BCUT2D eigenvalue weighted by atomic mass is 10.1. The molecule has 1 amide bonds. The van der Waals surface area contributed by atoms with Gasteiger partial charge in [0.05, 0.1) is 5.69 Å². The molecule has 6 heteroatoms. The average molecular weight is 405 g/mol. The minimum atomic E-state index is 0.0564. The van der Waals surface area contributed by atoms with Crippen LogP contribution in [0.25, 0.3) is 11.3 Å². The van der Waals surface area contributed by atoms with Crippen LogP contribution in [0, 0.1) is 6.92 Å². The molecule has 0 aliphatic carbocycles. The number of likely N-dealkylation sites (N-methyl/N-ethyl adjacent to an activating group) is 1. The summed E-state index contributed by atoms with van der Waals surface area (Å²) in [4.78, 5) is 17.3. The first-order valence-electron chi connectivity index (χ1n) is 8.89. The SMILES string of the molecule is CCN(CC)C1CCN(C(=O)c2[nH]nc(-c3cccc(Br)c3)c2C)C1. The standard InChI is InChI=1S/C19H25BrN4O/c1-4-23(5-2)16-9-10-24(12-16)19(25)18-13(3)17(21-22-18)14-7-6-8-15(20)11-14/h6-8,11,16H,4-5,9-10,12H2,1-3H3,(H,21,22). The first kappa shape index (κ1) is 18.1. The first-order chi connectivity index (χ1) is 12.0. The smallest absolute Gasteiger partial charge is 0.272 e. The van der Waals surface area contributed by atoms with E-state index in [9.17, 15) is 4.79 Å². The van der Waals surface area contributed by atoms with E-state index in [0.29, 0.717) is 11.7 Å². The molecule has 1 aromatic carbocycles. The second-order valence-corrected chi connectivity index (χ2v) is 7.41. The molecule has 3 rings (SSSR count). The molecule has 0 spiro atoms. The van der Waals surface area contributed by atoms with Crippen molar-refractivity contribution in [2.75, 3.05) is 26.2 Å². The van der Waals surface area contributed by atoms with Gasteiger partial charge in [-0.25, -0.2) is 0 Å². The third-order valence-corrected chi connectivity index (χ3v) is 5.59. The Bertz CT molecular complexity index is 754. The Morgan fingerprint density at radius 3 is 2.84 bits per heavy atom. The summed E-state index contributed by atoms with van der Waals surface area (Å²) in [7, 11) is 0. The van der Waals surface area contributed by atoms with Gasteiger partial charge in [0.2, 0.25) is 0 Å². The summed E-state index contributed by atoms with van der Waals surface area (Å²) in [5.41, 5.74) is 3.36. The lowest BCUT2D eigenvalue weighted by Crippen LogP contribution is -2.38. The molecule has 1 fully saturated rings. The molecule has 0 radical (unpaired) electrons. The Balaban J connectivity index is 1.78. The van der Waals surface area contributed by atoms with Crippen LogP contribution in [0.3, 0.4) is 0 Å². The summed E-state index contributed by atoms with van der Waals surface area (Å²) < 4.78 is 1.00. The number of benzene rings is 1. The fraction of sp³-hybridized carbons (Fsp3) is 0.474. The van der Waals surface area contributed by atoms with E-state index in [4.69, 9.17) is 0 Å². The molecule has 1 N–H and O–H groups in total. The van der Waals surface area contributed by atoms with Crippen LogP contribution in [0.5, 0.6) is 0 Å². The van der Waals surface area contributed by atoms with E-state index in [1.54, 1.807) is 0 Å². The lowest BCUT2D eigenvalue weighted by molar-refractivity contribution is 0.0771. The van der Waals surface area contributed by atoms with Gasteiger partial charge < -0.3 is 4.90 Å². The van der Waals surface area contributed by atoms with Gasteiger partial charge in [0, 0.05) is 34.7 Å². The molecule has 134 valence electrons. The second-order valence-electron chi connectivity index (χ2n) is 6.50. The highest BCUT2D eigenvalue weighted by Gasteiger charge is 2.31. The summed E-state index contributed by atoms with van der Waals surface area (Å²) in [5, 5.41) is 7.37. The van der Waals surface area contributed by atoms with Gasteiger partial charge in [-0.05, 0) is 38.6 Å². The highest BCUT2D eigenvalue weighted by atomic mass is 79.9. The van der Waals surface area contributed by atoms with E-state index in [1.165, 1.54) is 0 Å².